The van der Waals surface area contributed by atoms with Gasteiger partial charge in [0.1, 0.15) is 5.82 Å². The van der Waals surface area contributed by atoms with E-state index in [0.29, 0.717) is 17.8 Å². The maximum absolute atomic E-state index is 11.9. The number of sulfonamides is 1. The van der Waals surface area contributed by atoms with Gasteiger partial charge in [-0.25, -0.2) is 18.5 Å². The Bertz CT molecular complexity index is 1620. The average Bonchev–Trinajstić information content (AvgIpc) is 3.46. The van der Waals surface area contributed by atoms with Gasteiger partial charge in [-0.3, -0.25) is 9.55 Å². The molecule has 0 atom stereocenters. The topological polar surface area (TPSA) is 122 Å². The highest BCUT2D eigenvalue weighted by Crippen LogP contribution is 2.29. The number of thioether (sulfide) groups is 1. The third kappa shape index (κ3) is 5.58. The second kappa shape index (κ2) is 10.8. The van der Waals surface area contributed by atoms with E-state index in [1.54, 1.807) is 36.3 Å². The lowest BCUT2D eigenvalue weighted by molar-refractivity contribution is 0.598. The molecule has 3 heterocycles. The number of aromatic nitrogens is 6. The van der Waals surface area contributed by atoms with Crippen LogP contribution >= 0.6 is 11.8 Å². The highest BCUT2D eigenvalue weighted by atomic mass is 32.2. The number of nitrogens with zero attached hydrogens (tertiary/aromatic N) is 6. The summed E-state index contributed by atoms with van der Waals surface area (Å²) in [6.45, 7) is 3.54. The fourth-order valence-electron chi connectivity index (χ4n) is 4.15. The zero-order valence-electron chi connectivity index (χ0n) is 20.4. The Morgan fingerprint density at radius 2 is 1.84 bits per heavy atom. The van der Waals surface area contributed by atoms with Crippen LogP contribution in [0.1, 0.15) is 31.2 Å². The first-order valence-corrected chi connectivity index (χ1v) is 14.5. The van der Waals surface area contributed by atoms with Crippen LogP contribution in [0.15, 0.2) is 83.1 Å². The molecule has 0 aliphatic heterocycles. The Labute approximate surface area is 219 Å². The van der Waals surface area contributed by atoms with Crippen LogP contribution in [-0.2, 0) is 28.9 Å². The van der Waals surface area contributed by atoms with Crippen LogP contribution in [0.2, 0.25) is 0 Å². The molecule has 190 valence electrons. The van der Waals surface area contributed by atoms with Gasteiger partial charge in [0.2, 0.25) is 10.0 Å². The highest BCUT2D eigenvalue weighted by molar-refractivity contribution is 7.98. The van der Waals surface area contributed by atoms with Crippen molar-refractivity contribution >= 4 is 32.8 Å². The first-order valence-electron chi connectivity index (χ1n) is 12.0. The molecule has 0 bridgehead atoms. The number of benzene rings is 2. The molecule has 5 aromatic rings. The minimum Gasteiger partial charge on any atom is -0.327 e. The average molecular weight is 534 g/mol. The third-order valence-electron chi connectivity index (χ3n) is 6.01. The third-order valence-corrected chi connectivity index (χ3v) is 7.89. The van der Waals surface area contributed by atoms with Gasteiger partial charge in [-0.1, -0.05) is 55.4 Å². The van der Waals surface area contributed by atoms with E-state index in [9.17, 15) is 8.42 Å². The van der Waals surface area contributed by atoms with Crippen molar-refractivity contribution in [2.45, 2.75) is 48.7 Å². The minimum absolute atomic E-state index is 0.0584. The van der Waals surface area contributed by atoms with Crippen molar-refractivity contribution in [3.05, 3.63) is 84.4 Å². The quantitative estimate of drug-likeness (QED) is 0.263. The number of aryl methyl sites for hydroxylation is 1. The number of hydrogen-bond acceptors (Lipinski definition) is 7. The number of primary sulfonamides is 1. The predicted octanol–water partition coefficient (Wildman–Crippen LogP) is 4.48. The second-order valence-electron chi connectivity index (χ2n) is 8.64. The number of pyridine rings is 1. The summed E-state index contributed by atoms with van der Waals surface area (Å²) in [6, 6.07) is 18.9. The van der Waals surface area contributed by atoms with E-state index in [4.69, 9.17) is 10.1 Å². The van der Waals surface area contributed by atoms with Crippen LogP contribution in [0, 0.1) is 0 Å². The maximum Gasteiger partial charge on any atom is 0.238 e. The van der Waals surface area contributed by atoms with Crippen molar-refractivity contribution in [1.29, 1.82) is 0 Å². The van der Waals surface area contributed by atoms with Crippen molar-refractivity contribution < 1.29 is 8.42 Å². The molecule has 0 fully saturated rings. The van der Waals surface area contributed by atoms with Gasteiger partial charge < -0.3 is 4.57 Å². The summed E-state index contributed by atoms with van der Waals surface area (Å²) in [5, 5.41) is 15.1. The van der Waals surface area contributed by atoms with Crippen molar-refractivity contribution in [2.75, 3.05) is 0 Å². The second-order valence-corrected chi connectivity index (χ2v) is 11.1. The first-order chi connectivity index (χ1) is 17.9. The van der Waals surface area contributed by atoms with Crippen LogP contribution in [-0.4, -0.2) is 37.7 Å². The molecule has 37 heavy (non-hydrogen) atoms. The molecule has 0 unspecified atom stereocenters. The molecule has 0 radical (unpaired) electrons. The molecule has 0 saturated carbocycles. The molecule has 11 heteroatoms. The summed E-state index contributed by atoms with van der Waals surface area (Å²) in [5.41, 5.74) is 3.53. The molecule has 0 spiro atoms. The van der Waals surface area contributed by atoms with E-state index >= 15 is 0 Å². The molecule has 0 saturated heterocycles. The van der Waals surface area contributed by atoms with E-state index in [1.165, 1.54) is 6.07 Å². The number of hydrogen-bond donors (Lipinski definition) is 1. The largest absolute Gasteiger partial charge is 0.327 e. The lowest BCUT2D eigenvalue weighted by Crippen LogP contribution is -2.11. The minimum atomic E-state index is -3.81. The number of unbranched alkanes of at least 4 members (excludes halogenated alkanes) is 1. The monoisotopic (exact) mass is 533 g/mol. The molecule has 2 aromatic carbocycles. The molecule has 9 nitrogen and oxygen atoms in total. The summed E-state index contributed by atoms with van der Waals surface area (Å²) < 4.78 is 28.0. The van der Waals surface area contributed by atoms with Gasteiger partial charge in [0.25, 0.3) is 0 Å². The smallest absolute Gasteiger partial charge is 0.238 e. The van der Waals surface area contributed by atoms with E-state index in [2.05, 4.69) is 43.4 Å². The Hall–Kier alpha value is -3.54. The van der Waals surface area contributed by atoms with E-state index in [1.807, 2.05) is 30.3 Å². The molecular weight excluding hydrogens is 506 g/mol. The lowest BCUT2D eigenvalue weighted by Gasteiger charge is -2.11. The predicted molar refractivity (Wildman–Crippen MR) is 144 cm³/mol. The van der Waals surface area contributed by atoms with E-state index in [0.717, 1.165) is 52.8 Å². The Kier molecular flexibility index (Phi) is 7.36. The number of rotatable bonds is 10. The Balaban J connectivity index is 1.50. The Morgan fingerprint density at radius 3 is 2.57 bits per heavy atom. The summed E-state index contributed by atoms with van der Waals surface area (Å²) in [7, 11) is -3.81. The molecular formula is C26H27N7O2S2. The van der Waals surface area contributed by atoms with Crippen molar-refractivity contribution in [1.82, 2.24) is 29.3 Å². The summed E-state index contributed by atoms with van der Waals surface area (Å²) in [5.74, 6) is 2.14. The zero-order valence-corrected chi connectivity index (χ0v) is 22.0. The molecule has 5 rings (SSSR count). The van der Waals surface area contributed by atoms with Crippen molar-refractivity contribution in [3.8, 4) is 11.4 Å². The fourth-order valence-corrected chi connectivity index (χ4v) is 5.57. The standard InChI is InChI=1S/C26H27N7O2S2/c1-2-3-14-32-23-12-11-21(37(27,34)35)15-22(23)29-24(32)18-36-26-31-30-25(20-10-7-13-28-16-20)33(26)17-19-8-5-4-6-9-19/h4-13,15-16H,2-3,14,17-18H2,1H3,(H2,27,34,35). The first kappa shape index (κ1) is 25.1. The van der Waals surface area contributed by atoms with Gasteiger partial charge in [0.15, 0.2) is 11.0 Å². The van der Waals surface area contributed by atoms with Crippen LogP contribution in [0.5, 0.6) is 0 Å². The highest BCUT2D eigenvalue weighted by Gasteiger charge is 2.19. The molecule has 3 aromatic heterocycles. The van der Waals surface area contributed by atoms with Crippen molar-refractivity contribution in [2.24, 2.45) is 5.14 Å². The maximum atomic E-state index is 11.9. The molecule has 0 aliphatic rings. The normalized spacial score (nSPS) is 11.8. The number of imidazole rings is 1. The van der Waals surface area contributed by atoms with Gasteiger partial charge in [-0.05, 0) is 42.3 Å². The molecule has 0 aliphatic carbocycles. The van der Waals surface area contributed by atoms with Crippen LogP contribution in [0.4, 0.5) is 0 Å². The Morgan fingerprint density at radius 1 is 1.00 bits per heavy atom. The molecule has 2 N–H and O–H groups in total. The van der Waals surface area contributed by atoms with Gasteiger partial charge in [0.05, 0.1) is 28.2 Å². The summed E-state index contributed by atoms with van der Waals surface area (Å²) in [6.07, 6.45) is 5.53. The van der Waals surface area contributed by atoms with Gasteiger partial charge in [-0.15, -0.1) is 10.2 Å². The zero-order chi connectivity index (χ0) is 25.8. The van der Waals surface area contributed by atoms with Crippen LogP contribution in [0.25, 0.3) is 22.4 Å². The summed E-state index contributed by atoms with van der Waals surface area (Å²) >= 11 is 1.55. The summed E-state index contributed by atoms with van der Waals surface area (Å²) in [4.78, 5) is 9.09. The SMILES string of the molecule is CCCCn1c(CSc2nnc(-c3cccnc3)n2Cc2ccccc2)nc2cc(S(N)(=O)=O)ccc21. The number of fused-ring (bicyclic) bond motifs is 1. The molecule has 0 amide bonds. The van der Waals surface area contributed by atoms with Crippen molar-refractivity contribution in [3.63, 3.8) is 0 Å². The lowest BCUT2D eigenvalue weighted by atomic mass is 10.2. The van der Waals surface area contributed by atoms with E-state index < -0.39 is 10.0 Å². The van der Waals surface area contributed by atoms with Crippen LogP contribution < -0.4 is 5.14 Å². The van der Waals surface area contributed by atoms with E-state index in [-0.39, 0.29) is 4.90 Å². The van der Waals surface area contributed by atoms with Gasteiger partial charge in [-0.2, -0.15) is 0 Å². The fraction of sp³-hybridized carbons (Fsp3) is 0.231. The van der Waals surface area contributed by atoms with Crippen LogP contribution in [0.3, 0.4) is 0 Å². The van der Waals surface area contributed by atoms with Gasteiger partial charge in [0, 0.05) is 24.5 Å². The van der Waals surface area contributed by atoms with Gasteiger partial charge >= 0.3 is 0 Å². The number of nitrogens with two attached hydrogens (primary N) is 1.